The normalized spacial score (nSPS) is 11.1. The van der Waals surface area contributed by atoms with Crippen molar-refractivity contribution >= 4 is 11.7 Å². The molecule has 0 aliphatic heterocycles. The van der Waals surface area contributed by atoms with Crippen molar-refractivity contribution in [2.24, 2.45) is 11.8 Å². The highest BCUT2D eigenvalue weighted by molar-refractivity contribution is 5.92. The van der Waals surface area contributed by atoms with Gasteiger partial charge in [-0.05, 0) is 24.7 Å². The summed E-state index contributed by atoms with van der Waals surface area (Å²) in [5, 5.41) is 0. The van der Waals surface area contributed by atoms with Crippen LogP contribution in [0.25, 0.3) is 0 Å². The maximum Gasteiger partial charge on any atom is 0.274 e. The van der Waals surface area contributed by atoms with E-state index in [2.05, 4.69) is 37.7 Å². The van der Waals surface area contributed by atoms with Gasteiger partial charge in [0.05, 0.1) is 12.4 Å². The summed E-state index contributed by atoms with van der Waals surface area (Å²) in [7, 11) is 0. The average molecular weight is 278 g/mol. The average Bonchev–Trinajstić information content (AvgIpc) is 2.37. The first-order valence-electron chi connectivity index (χ1n) is 7.27. The molecule has 1 aromatic heterocycles. The molecule has 0 atom stereocenters. The molecule has 1 heterocycles. The van der Waals surface area contributed by atoms with Gasteiger partial charge in [0.25, 0.3) is 5.91 Å². The Kier molecular flexibility index (Phi) is 6.42. The van der Waals surface area contributed by atoms with E-state index in [4.69, 9.17) is 5.73 Å². The summed E-state index contributed by atoms with van der Waals surface area (Å²) in [5.74, 6) is 1.34. The molecule has 2 N–H and O–H groups in total. The summed E-state index contributed by atoms with van der Waals surface area (Å²) in [4.78, 5) is 22.4. The lowest BCUT2D eigenvalue weighted by molar-refractivity contribution is 0.0734. The number of aromatic nitrogens is 2. The van der Waals surface area contributed by atoms with Crippen molar-refractivity contribution in [1.82, 2.24) is 14.9 Å². The number of carbonyl (C=O) groups is 1. The van der Waals surface area contributed by atoms with Crippen LogP contribution in [0.1, 0.15) is 51.0 Å². The van der Waals surface area contributed by atoms with Crippen LogP contribution in [0.5, 0.6) is 0 Å². The van der Waals surface area contributed by atoms with Crippen LogP contribution in [0.15, 0.2) is 12.4 Å². The van der Waals surface area contributed by atoms with E-state index in [9.17, 15) is 4.79 Å². The third kappa shape index (κ3) is 5.55. The highest BCUT2D eigenvalue weighted by Crippen LogP contribution is 2.10. The topological polar surface area (TPSA) is 72.1 Å². The Balaban J connectivity index is 2.76. The Hall–Kier alpha value is -1.65. The van der Waals surface area contributed by atoms with Gasteiger partial charge in [-0.3, -0.25) is 9.78 Å². The van der Waals surface area contributed by atoms with Gasteiger partial charge in [0.1, 0.15) is 11.5 Å². The molecule has 1 aromatic rings. The summed E-state index contributed by atoms with van der Waals surface area (Å²) < 4.78 is 0. The second-order valence-electron chi connectivity index (χ2n) is 5.99. The molecule has 0 saturated carbocycles. The maximum absolute atomic E-state index is 12.5. The predicted octanol–water partition coefficient (Wildman–Crippen LogP) is 2.59. The minimum absolute atomic E-state index is 0.0777. The van der Waals surface area contributed by atoms with Crippen molar-refractivity contribution < 1.29 is 4.79 Å². The molecule has 0 fully saturated rings. The monoisotopic (exact) mass is 278 g/mol. The molecule has 1 rings (SSSR count). The van der Waals surface area contributed by atoms with E-state index >= 15 is 0 Å². The molecule has 112 valence electrons. The maximum atomic E-state index is 12.5. The first kappa shape index (κ1) is 16.4. The second-order valence-corrected chi connectivity index (χ2v) is 5.99. The Morgan fingerprint density at radius 2 is 1.70 bits per heavy atom. The molecule has 5 nitrogen and oxygen atoms in total. The van der Waals surface area contributed by atoms with Crippen LogP contribution in [0.4, 0.5) is 5.82 Å². The standard InChI is InChI=1S/C15H26N4O/c1-11(2)5-7-19(8-6-12(3)4)15(20)13-9-17-10-14(16)18-13/h9-12H,5-8H2,1-4H3,(H2,16,18). The van der Waals surface area contributed by atoms with Gasteiger partial charge in [0, 0.05) is 13.1 Å². The zero-order valence-corrected chi connectivity index (χ0v) is 13.0. The Morgan fingerprint density at radius 1 is 1.15 bits per heavy atom. The molecular weight excluding hydrogens is 252 g/mol. The van der Waals surface area contributed by atoms with E-state index in [0.29, 0.717) is 17.5 Å². The Bertz CT molecular complexity index is 420. The summed E-state index contributed by atoms with van der Waals surface area (Å²) in [6.07, 6.45) is 4.90. The largest absolute Gasteiger partial charge is 0.382 e. The molecule has 0 unspecified atom stereocenters. The van der Waals surface area contributed by atoms with Crippen molar-refractivity contribution in [1.29, 1.82) is 0 Å². The highest BCUT2D eigenvalue weighted by Gasteiger charge is 2.18. The van der Waals surface area contributed by atoms with Crippen LogP contribution >= 0.6 is 0 Å². The van der Waals surface area contributed by atoms with Crippen LogP contribution in [0.2, 0.25) is 0 Å². The smallest absolute Gasteiger partial charge is 0.274 e. The summed E-state index contributed by atoms with van der Waals surface area (Å²) in [6.45, 7) is 10.1. The van der Waals surface area contributed by atoms with Gasteiger partial charge >= 0.3 is 0 Å². The van der Waals surface area contributed by atoms with Crippen LogP contribution in [0.3, 0.4) is 0 Å². The van der Waals surface area contributed by atoms with E-state index < -0.39 is 0 Å². The third-order valence-corrected chi connectivity index (χ3v) is 3.11. The van der Waals surface area contributed by atoms with Gasteiger partial charge < -0.3 is 10.6 Å². The fourth-order valence-corrected chi connectivity index (χ4v) is 1.79. The molecule has 0 aromatic carbocycles. The lowest BCUT2D eigenvalue weighted by Gasteiger charge is -2.24. The Labute approximate surface area is 121 Å². The molecule has 0 bridgehead atoms. The molecule has 5 heteroatoms. The van der Waals surface area contributed by atoms with Gasteiger partial charge in [-0.25, -0.2) is 4.98 Å². The van der Waals surface area contributed by atoms with Gasteiger partial charge in [-0.2, -0.15) is 0 Å². The van der Waals surface area contributed by atoms with Crippen LogP contribution in [0, 0.1) is 11.8 Å². The minimum Gasteiger partial charge on any atom is -0.382 e. The first-order chi connectivity index (χ1) is 9.40. The van der Waals surface area contributed by atoms with Gasteiger partial charge in [-0.15, -0.1) is 0 Å². The number of carbonyl (C=O) groups excluding carboxylic acids is 1. The lowest BCUT2D eigenvalue weighted by atomic mass is 10.1. The molecule has 0 radical (unpaired) electrons. The first-order valence-corrected chi connectivity index (χ1v) is 7.27. The zero-order valence-electron chi connectivity index (χ0n) is 13.0. The van der Waals surface area contributed by atoms with E-state index in [1.165, 1.54) is 12.4 Å². The third-order valence-electron chi connectivity index (χ3n) is 3.11. The minimum atomic E-state index is -0.0777. The van der Waals surface area contributed by atoms with E-state index in [1.54, 1.807) is 0 Å². The van der Waals surface area contributed by atoms with E-state index in [0.717, 1.165) is 25.9 Å². The van der Waals surface area contributed by atoms with Crippen molar-refractivity contribution in [2.75, 3.05) is 18.8 Å². The quantitative estimate of drug-likeness (QED) is 0.832. The van der Waals surface area contributed by atoms with Crippen molar-refractivity contribution in [2.45, 2.75) is 40.5 Å². The zero-order chi connectivity index (χ0) is 15.1. The van der Waals surface area contributed by atoms with Crippen LogP contribution < -0.4 is 5.73 Å². The molecular formula is C15H26N4O. The molecule has 20 heavy (non-hydrogen) atoms. The number of rotatable bonds is 7. The number of amides is 1. The van der Waals surface area contributed by atoms with E-state index in [1.807, 2.05) is 4.90 Å². The number of nitrogens with two attached hydrogens (primary N) is 1. The molecule has 0 saturated heterocycles. The van der Waals surface area contributed by atoms with Gasteiger partial charge in [0.2, 0.25) is 0 Å². The number of hydrogen-bond donors (Lipinski definition) is 1. The second kappa shape index (κ2) is 7.82. The summed E-state index contributed by atoms with van der Waals surface area (Å²) >= 11 is 0. The van der Waals surface area contributed by atoms with Crippen LogP contribution in [-0.4, -0.2) is 33.9 Å². The van der Waals surface area contributed by atoms with Crippen molar-refractivity contribution in [3.8, 4) is 0 Å². The SMILES string of the molecule is CC(C)CCN(CCC(C)C)C(=O)c1cncc(N)n1. The van der Waals surface area contributed by atoms with Gasteiger partial charge in [-0.1, -0.05) is 27.7 Å². The number of nitrogen functional groups attached to an aromatic ring is 1. The molecule has 0 aliphatic carbocycles. The summed E-state index contributed by atoms with van der Waals surface area (Å²) in [6, 6.07) is 0. The molecule has 0 aliphatic rings. The summed E-state index contributed by atoms with van der Waals surface area (Å²) in [5.41, 5.74) is 5.93. The molecule has 1 amide bonds. The Morgan fingerprint density at radius 3 is 2.15 bits per heavy atom. The number of hydrogen-bond acceptors (Lipinski definition) is 4. The molecule has 0 spiro atoms. The fraction of sp³-hybridized carbons (Fsp3) is 0.667. The number of anilines is 1. The van der Waals surface area contributed by atoms with Crippen LogP contribution in [-0.2, 0) is 0 Å². The number of nitrogens with zero attached hydrogens (tertiary/aromatic N) is 3. The highest BCUT2D eigenvalue weighted by atomic mass is 16.2. The predicted molar refractivity (Wildman–Crippen MR) is 81.3 cm³/mol. The fourth-order valence-electron chi connectivity index (χ4n) is 1.79. The lowest BCUT2D eigenvalue weighted by Crippen LogP contribution is -2.34. The van der Waals surface area contributed by atoms with Crippen molar-refractivity contribution in [3.05, 3.63) is 18.1 Å². The van der Waals surface area contributed by atoms with E-state index in [-0.39, 0.29) is 11.7 Å². The van der Waals surface area contributed by atoms with Gasteiger partial charge in [0.15, 0.2) is 0 Å². The van der Waals surface area contributed by atoms with Crippen molar-refractivity contribution in [3.63, 3.8) is 0 Å².